The predicted octanol–water partition coefficient (Wildman–Crippen LogP) is 0.151. The summed E-state index contributed by atoms with van der Waals surface area (Å²) in [6.07, 6.45) is 3.13. The number of ketones is 2. The first-order valence-corrected chi connectivity index (χ1v) is 7.73. The van der Waals surface area contributed by atoms with Crippen LogP contribution in [0.1, 0.15) is 15.9 Å². The molecule has 0 unspecified atom stereocenters. The lowest BCUT2D eigenvalue weighted by molar-refractivity contribution is -0.111. The Balaban J connectivity index is 2.14. The van der Waals surface area contributed by atoms with E-state index in [0.717, 1.165) is 5.56 Å². The molecule has 1 aromatic rings. The van der Waals surface area contributed by atoms with Gasteiger partial charge in [-0.3, -0.25) is 9.59 Å². The van der Waals surface area contributed by atoms with E-state index >= 15 is 0 Å². The Kier molecular flexibility index (Phi) is 4.59. The number of allylic oxidation sites excluding steroid dienone is 3. The second-order valence-corrected chi connectivity index (χ2v) is 5.45. The van der Waals surface area contributed by atoms with Gasteiger partial charge in [-0.05, 0) is 11.6 Å². The van der Waals surface area contributed by atoms with Crippen molar-refractivity contribution in [2.24, 2.45) is 0 Å². The standard InChI is InChI=1S/C18H18N2O4/c21-7-5-19-14-10-15(23)13-9-11-3-1-2-4-12(11)18(24)16(13)17(14)20-6-8-22/h1-4,9-10,19-22H,5-8H2. The molecular weight excluding hydrogens is 308 g/mol. The van der Waals surface area contributed by atoms with E-state index in [9.17, 15) is 9.59 Å². The van der Waals surface area contributed by atoms with Crippen LogP contribution in [0.2, 0.25) is 0 Å². The van der Waals surface area contributed by atoms with Gasteiger partial charge >= 0.3 is 0 Å². The van der Waals surface area contributed by atoms with Crippen LogP contribution in [0.3, 0.4) is 0 Å². The molecule has 0 aromatic heterocycles. The normalized spacial score (nSPS) is 16.2. The fourth-order valence-corrected chi connectivity index (χ4v) is 2.87. The minimum atomic E-state index is -0.261. The zero-order valence-electron chi connectivity index (χ0n) is 13.0. The molecule has 1 aromatic carbocycles. The van der Waals surface area contributed by atoms with Crippen molar-refractivity contribution < 1.29 is 19.8 Å². The van der Waals surface area contributed by atoms with Crippen molar-refractivity contribution in [2.75, 3.05) is 26.3 Å². The smallest absolute Gasteiger partial charge is 0.196 e. The van der Waals surface area contributed by atoms with Gasteiger partial charge in [0.15, 0.2) is 11.6 Å². The van der Waals surface area contributed by atoms with Gasteiger partial charge in [0, 0.05) is 30.3 Å². The van der Waals surface area contributed by atoms with Crippen LogP contribution in [-0.2, 0) is 4.79 Å². The number of fused-ring (bicyclic) bond motifs is 2. The minimum Gasteiger partial charge on any atom is -0.395 e. The van der Waals surface area contributed by atoms with Gasteiger partial charge in [0.25, 0.3) is 0 Å². The van der Waals surface area contributed by atoms with E-state index in [1.807, 2.05) is 6.07 Å². The van der Waals surface area contributed by atoms with Gasteiger partial charge in [0.1, 0.15) is 0 Å². The Bertz CT molecular complexity index is 790. The Hall–Kier alpha value is -2.70. The quantitative estimate of drug-likeness (QED) is 0.594. The first-order chi connectivity index (χ1) is 11.7. The molecule has 3 rings (SSSR count). The van der Waals surface area contributed by atoms with E-state index in [0.29, 0.717) is 28.1 Å². The van der Waals surface area contributed by atoms with Gasteiger partial charge in [0.05, 0.1) is 30.2 Å². The van der Waals surface area contributed by atoms with Crippen molar-refractivity contribution in [3.05, 3.63) is 64.0 Å². The maximum atomic E-state index is 12.9. The monoisotopic (exact) mass is 326 g/mol. The fourth-order valence-electron chi connectivity index (χ4n) is 2.87. The Morgan fingerprint density at radius 2 is 1.62 bits per heavy atom. The summed E-state index contributed by atoms with van der Waals surface area (Å²) < 4.78 is 0. The van der Waals surface area contributed by atoms with E-state index in [4.69, 9.17) is 10.2 Å². The van der Waals surface area contributed by atoms with Crippen LogP contribution in [-0.4, -0.2) is 48.1 Å². The SMILES string of the molecule is O=C1C=C(NCCO)C(NCCO)=C2C(=O)c3ccccc3C=C12. The molecule has 0 saturated heterocycles. The number of carbonyl (C=O) groups excluding carboxylic acids is 2. The molecule has 124 valence electrons. The third-order valence-electron chi connectivity index (χ3n) is 3.90. The summed E-state index contributed by atoms with van der Waals surface area (Å²) in [6.45, 7) is 0.281. The average Bonchev–Trinajstić information content (AvgIpc) is 2.60. The van der Waals surface area contributed by atoms with Crippen molar-refractivity contribution in [2.45, 2.75) is 0 Å². The lowest BCUT2D eigenvalue weighted by Crippen LogP contribution is -2.34. The molecule has 2 aliphatic carbocycles. The van der Waals surface area contributed by atoms with Crippen molar-refractivity contribution in [3.63, 3.8) is 0 Å². The summed E-state index contributed by atoms with van der Waals surface area (Å²) in [5.74, 6) is -0.490. The van der Waals surface area contributed by atoms with Crippen LogP contribution in [0.5, 0.6) is 0 Å². The Morgan fingerprint density at radius 3 is 2.38 bits per heavy atom. The largest absolute Gasteiger partial charge is 0.395 e. The zero-order chi connectivity index (χ0) is 17.1. The molecule has 0 bridgehead atoms. The van der Waals surface area contributed by atoms with E-state index in [2.05, 4.69) is 10.6 Å². The molecule has 24 heavy (non-hydrogen) atoms. The highest BCUT2D eigenvalue weighted by atomic mass is 16.3. The molecule has 0 spiro atoms. The molecule has 0 atom stereocenters. The maximum absolute atomic E-state index is 12.9. The molecule has 0 fully saturated rings. The number of hydrogen-bond donors (Lipinski definition) is 4. The van der Waals surface area contributed by atoms with E-state index < -0.39 is 0 Å². The molecule has 0 heterocycles. The van der Waals surface area contributed by atoms with Crippen LogP contribution in [0.4, 0.5) is 0 Å². The topological polar surface area (TPSA) is 98.7 Å². The van der Waals surface area contributed by atoms with Crippen LogP contribution < -0.4 is 10.6 Å². The molecule has 0 aliphatic heterocycles. The van der Waals surface area contributed by atoms with Crippen molar-refractivity contribution in [3.8, 4) is 0 Å². The summed E-state index contributed by atoms with van der Waals surface area (Å²) in [4.78, 5) is 25.4. The average molecular weight is 326 g/mol. The summed E-state index contributed by atoms with van der Waals surface area (Å²) >= 11 is 0. The molecule has 0 radical (unpaired) electrons. The lowest BCUT2D eigenvalue weighted by atomic mass is 9.81. The van der Waals surface area contributed by atoms with Crippen LogP contribution >= 0.6 is 0 Å². The minimum absolute atomic E-state index is 0.104. The van der Waals surface area contributed by atoms with E-state index in [1.54, 1.807) is 24.3 Å². The molecule has 0 saturated carbocycles. The molecular formula is C18H18N2O4. The molecule has 0 amide bonds. The summed E-state index contributed by atoms with van der Waals surface area (Å²) in [7, 11) is 0. The van der Waals surface area contributed by atoms with Gasteiger partial charge in [-0.2, -0.15) is 0 Å². The Morgan fingerprint density at radius 1 is 0.917 bits per heavy atom. The van der Waals surface area contributed by atoms with Crippen LogP contribution in [0.25, 0.3) is 6.08 Å². The second kappa shape index (κ2) is 6.82. The third-order valence-corrected chi connectivity index (χ3v) is 3.90. The van der Waals surface area contributed by atoms with Gasteiger partial charge in [-0.25, -0.2) is 0 Å². The van der Waals surface area contributed by atoms with Crippen molar-refractivity contribution in [1.82, 2.24) is 10.6 Å². The number of rotatable bonds is 6. The molecule has 4 N–H and O–H groups in total. The molecule has 6 heteroatoms. The maximum Gasteiger partial charge on any atom is 0.196 e. The summed E-state index contributed by atoms with van der Waals surface area (Å²) in [5.41, 5.74) is 2.82. The molecule has 2 aliphatic rings. The van der Waals surface area contributed by atoms with Crippen LogP contribution in [0, 0.1) is 0 Å². The van der Waals surface area contributed by atoms with Gasteiger partial charge in [0.2, 0.25) is 0 Å². The second-order valence-electron chi connectivity index (χ2n) is 5.45. The lowest BCUT2D eigenvalue weighted by Gasteiger charge is -2.27. The number of aliphatic hydroxyl groups is 2. The number of hydrogen-bond acceptors (Lipinski definition) is 6. The number of aliphatic hydroxyl groups excluding tert-OH is 2. The number of Topliss-reactive ketones (excluding diaryl/α,β-unsaturated/α-hetero) is 1. The first kappa shape index (κ1) is 16.2. The Labute approximate surface area is 139 Å². The highest BCUT2D eigenvalue weighted by Crippen LogP contribution is 2.34. The molecule has 6 nitrogen and oxygen atoms in total. The summed E-state index contributed by atoms with van der Waals surface area (Å²) in [5, 5.41) is 24.1. The van der Waals surface area contributed by atoms with Crippen molar-refractivity contribution in [1.29, 1.82) is 0 Å². The van der Waals surface area contributed by atoms with Crippen molar-refractivity contribution >= 4 is 17.6 Å². The van der Waals surface area contributed by atoms with Crippen LogP contribution in [0.15, 0.2) is 52.9 Å². The highest BCUT2D eigenvalue weighted by molar-refractivity contribution is 6.28. The zero-order valence-corrected chi connectivity index (χ0v) is 13.0. The summed E-state index contributed by atoms with van der Waals surface area (Å²) in [6, 6.07) is 7.13. The van der Waals surface area contributed by atoms with Gasteiger partial charge in [-0.15, -0.1) is 0 Å². The van der Waals surface area contributed by atoms with Gasteiger partial charge in [-0.1, -0.05) is 24.3 Å². The van der Waals surface area contributed by atoms with Gasteiger partial charge < -0.3 is 20.8 Å². The first-order valence-electron chi connectivity index (χ1n) is 7.73. The number of benzene rings is 1. The number of carbonyl (C=O) groups is 2. The van der Waals surface area contributed by atoms with E-state index in [-0.39, 0.29) is 37.9 Å². The van der Waals surface area contributed by atoms with E-state index in [1.165, 1.54) is 6.08 Å². The fraction of sp³-hybridized carbons (Fsp3) is 0.222. The third kappa shape index (κ3) is 2.77. The number of nitrogens with one attached hydrogen (secondary N) is 2. The highest BCUT2D eigenvalue weighted by Gasteiger charge is 2.34. The predicted molar refractivity (Wildman–Crippen MR) is 89.0 cm³/mol.